The summed E-state index contributed by atoms with van der Waals surface area (Å²) >= 11 is 0. The zero-order valence-corrected chi connectivity index (χ0v) is 6.59. The van der Waals surface area contributed by atoms with Crippen LogP contribution in [0, 0.1) is 5.92 Å². The van der Waals surface area contributed by atoms with Gasteiger partial charge in [0.1, 0.15) is 5.82 Å². The summed E-state index contributed by atoms with van der Waals surface area (Å²) in [4.78, 5) is 11.3. The van der Waals surface area contributed by atoms with Gasteiger partial charge in [0, 0.05) is 5.92 Å². The monoisotopic (exact) mass is 153 g/mol. The van der Waals surface area contributed by atoms with Crippen molar-refractivity contribution in [3.8, 4) is 0 Å². The third-order valence-electron chi connectivity index (χ3n) is 1.46. The van der Waals surface area contributed by atoms with Crippen molar-refractivity contribution >= 4 is 11.6 Å². The summed E-state index contributed by atoms with van der Waals surface area (Å²) in [5.74, 6) is 0.342. The topological polar surface area (TPSA) is 71.8 Å². The van der Waals surface area contributed by atoms with E-state index in [1.807, 2.05) is 13.8 Å². The number of hydrogen-bond donors (Lipinski definition) is 2. The number of hydrogen-bond acceptors (Lipinski definition) is 3. The molecule has 1 aromatic rings. The summed E-state index contributed by atoms with van der Waals surface area (Å²) in [6.45, 7) is 3.66. The van der Waals surface area contributed by atoms with Gasteiger partial charge in [0.05, 0.1) is 11.8 Å². The highest BCUT2D eigenvalue weighted by molar-refractivity contribution is 6.00. The molecule has 0 atom stereocenters. The lowest BCUT2D eigenvalue weighted by Crippen LogP contribution is -2.08. The molecule has 0 bridgehead atoms. The van der Waals surface area contributed by atoms with E-state index in [4.69, 9.17) is 5.73 Å². The standard InChI is InChI=1S/C7H11N3O/c1-4(2)6(11)5-3-9-10-7(5)8/h3-4H,1-2H3,(H3,8,9,10). The lowest BCUT2D eigenvalue weighted by atomic mass is 10.0. The van der Waals surface area contributed by atoms with Gasteiger partial charge in [-0.15, -0.1) is 0 Å². The zero-order chi connectivity index (χ0) is 8.43. The number of Topliss-reactive ketones (excluding diaryl/α,β-unsaturated/α-hetero) is 1. The molecule has 0 radical (unpaired) electrons. The zero-order valence-electron chi connectivity index (χ0n) is 6.59. The fraction of sp³-hybridized carbons (Fsp3) is 0.429. The Hall–Kier alpha value is -1.32. The van der Waals surface area contributed by atoms with E-state index in [2.05, 4.69) is 10.2 Å². The second-order valence-electron chi connectivity index (χ2n) is 2.72. The van der Waals surface area contributed by atoms with Crippen molar-refractivity contribution in [3.63, 3.8) is 0 Å². The maximum absolute atomic E-state index is 11.3. The second kappa shape index (κ2) is 2.74. The van der Waals surface area contributed by atoms with Gasteiger partial charge in [0.15, 0.2) is 5.78 Å². The van der Waals surface area contributed by atoms with Crippen LogP contribution in [0.3, 0.4) is 0 Å². The van der Waals surface area contributed by atoms with Crippen LogP contribution in [0.15, 0.2) is 6.20 Å². The van der Waals surface area contributed by atoms with E-state index in [1.54, 1.807) is 0 Å². The van der Waals surface area contributed by atoms with Crippen molar-refractivity contribution in [2.24, 2.45) is 5.92 Å². The maximum atomic E-state index is 11.3. The Balaban J connectivity index is 2.93. The number of ketones is 1. The van der Waals surface area contributed by atoms with Gasteiger partial charge >= 0.3 is 0 Å². The first-order valence-corrected chi connectivity index (χ1v) is 3.46. The third-order valence-corrected chi connectivity index (χ3v) is 1.46. The molecule has 11 heavy (non-hydrogen) atoms. The van der Waals surface area contributed by atoms with Crippen LogP contribution in [0.4, 0.5) is 5.82 Å². The van der Waals surface area contributed by atoms with Crippen LogP contribution in [-0.2, 0) is 0 Å². The Labute approximate surface area is 64.8 Å². The van der Waals surface area contributed by atoms with E-state index in [-0.39, 0.29) is 11.7 Å². The van der Waals surface area contributed by atoms with Gasteiger partial charge in [-0.05, 0) is 0 Å². The minimum atomic E-state index is -0.0325. The van der Waals surface area contributed by atoms with Crippen LogP contribution >= 0.6 is 0 Å². The Morgan fingerprint density at radius 2 is 2.36 bits per heavy atom. The smallest absolute Gasteiger partial charge is 0.170 e. The van der Waals surface area contributed by atoms with Crippen molar-refractivity contribution in [1.82, 2.24) is 10.2 Å². The maximum Gasteiger partial charge on any atom is 0.170 e. The molecule has 3 N–H and O–H groups in total. The molecule has 1 heterocycles. The first-order chi connectivity index (χ1) is 5.13. The highest BCUT2D eigenvalue weighted by atomic mass is 16.1. The number of nitrogen functional groups attached to an aromatic ring is 1. The minimum Gasteiger partial charge on any atom is -0.383 e. The van der Waals surface area contributed by atoms with Gasteiger partial charge in [-0.1, -0.05) is 13.8 Å². The van der Waals surface area contributed by atoms with Gasteiger partial charge in [-0.25, -0.2) is 0 Å². The van der Waals surface area contributed by atoms with E-state index < -0.39 is 0 Å². The minimum absolute atomic E-state index is 0.0243. The quantitative estimate of drug-likeness (QED) is 0.618. The average molecular weight is 153 g/mol. The number of nitrogens with zero attached hydrogens (tertiary/aromatic N) is 1. The predicted molar refractivity (Wildman–Crippen MR) is 42.2 cm³/mol. The molecule has 0 aliphatic carbocycles. The number of rotatable bonds is 2. The molecule has 0 unspecified atom stereocenters. The van der Waals surface area contributed by atoms with Crippen molar-refractivity contribution in [3.05, 3.63) is 11.8 Å². The molecule has 1 rings (SSSR count). The van der Waals surface area contributed by atoms with E-state index in [1.165, 1.54) is 6.20 Å². The fourth-order valence-corrected chi connectivity index (χ4v) is 0.803. The van der Waals surface area contributed by atoms with Gasteiger partial charge < -0.3 is 5.73 Å². The lowest BCUT2D eigenvalue weighted by molar-refractivity contribution is 0.0940. The van der Waals surface area contributed by atoms with Crippen LogP contribution in [0.1, 0.15) is 24.2 Å². The number of aromatic amines is 1. The molecular formula is C7H11N3O. The SMILES string of the molecule is CC(C)C(=O)c1cn[nH]c1N. The molecule has 0 spiro atoms. The van der Waals surface area contributed by atoms with Crippen LogP contribution in [0.25, 0.3) is 0 Å². The summed E-state index contributed by atoms with van der Waals surface area (Å²) in [6, 6.07) is 0. The predicted octanol–water partition coefficient (Wildman–Crippen LogP) is 0.831. The normalized spacial score (nSPS) is 10.5. The van der Waals surface area contributed by atoms with Gasteiger partial charge in [-0.3, -0.25) is 9.89 Å². The molecule has 1 aromatic heterocycles. The van der Waals surface area contributed by atoms with E-state index in [0.717, 1.165) is 0 Å². The highest BCUT2D eigenvalue weighted by Gasteiger charge is 2.14. The number of aromatic nitrogens is 2. The summed E-state index contributed by atoms with van der Waals surface area (Å²) in [5, 5.41) is 6.17. The van der Waals surface area contributed by atoms with E-state index in [9.17, 15) is 4.79 Å². The molecular weight excluding hydrogens is 142 g/mol. The first-order valence-electron chi connectivity index (χ1n) is 3.46. The van der Waals surface area contributed by atoms with Gasteiger partial charge in [0.2, 0.25) is 0 Å². The number of carbonyl (C=O) groups is 1. The van der Waals surface area contributed by atoms with Crippen LogP contribution < -0.4 is 5.73 Å². The molecule has 4 nitrogen and oxygen atoms in total. The number of anilines is 1. The van der Waals surface area contributed by atoms with Gasteiger partial charge in [-0.2, -0.15) is 5.10 Å². The van der Waals surface area contributed by atoms with E-state index in [0.29, 0.717) is 11.4 Å². The molecule has 0 fully saturated rings. The highest BCUT2D eigenvalue weighted by Crippen LogP contribution is 2.11. The Morgan fingerprint density at radius 1 is 1.73 bits per heavy atom. The van der Waals surface area contributed by atoms with Gasteiger partial charge in [0.25, 0.3) is 0 Å². The summed E-state index contributed by atoms with van der Waals surface area (Å²) < 4.78 is 0. The summed E-state index contributed by atoms with van der Waals surface area (Å²) in [6.07, 6.45) is 1.46. The molecule has 0 aromatic carbocycles. The van der Waals surface area contributed by atoms with Crippen molar-refractivity contribution in [2.45, 2.75) is 13.8 Å². The Bertz CT molecular complexity index is 264. The van der Waals surface area contributed by atoms with Crippen molar-refractivity contribution < 1.29 is 4.79 Å². The summed E-state index contributed by atoms with van der Waals surface area (Å²) in [7, 11) is 0. The molecule has 0 aliphatic rings. The lowest BCUT2D eigenvalue weighted by Gasteiger charge is -2.00. The third kappa shape index (κ3) is 1.39. The Kier molecular flexibility index (Phi) is 1.94. The van der Waals surface area contributed by atoms with Crippen LogP contribution in [0.5, 0.6) is 0 Å². The van der Waals surface area contributed by atoms with E-state index >= 15 is 0 Å². The molecule has 0 amide bonds. The van der Waals surface area contributed by atoms with Crippen LogP contribution in [-0.4, -0.2) is 16.0 Å². The fourth-order valence-electron chi connectivity index (χ4n) is 0.803. The van der Waals surface area contributed by atoms with Crippen LogP contribution in [0.2, 0.25) is 0 Å². The number of nitrogens with two attached hydrogens (primary N) is 1. The van der Waals surface area contributed by atoms with Crippen molar-refractivity contribution in [1.29, 1.82) is 0 Å². The molecule has 60 valence electrons. The second-order valence-corrected chi connectivity index (χ2v) is 2.72. The Morgan fingerprint density at radius 3 is 2.73 bits per heavy atom. The molecule has 0 saturated heterocycles. The molecule has 0 saturated carbocycles. The largest absolute Gasteiger partial charge is 0.383 e. The molecule has 4 heteroatoms. The average Bonchev–Trinajstić information content (AvgIpc) is 2.33. The molecule has 0 aliphatic heterocycles. The number of nitrogens with one attached hydrogen (secondary N) is 1. The summed E-state index contributed by atoms with van der Waals surface area (Å²) in [5.41, 5.74) is 5.93. The number of carbonyl (C=O) groups excluding carboxylic acids is 1. The number of H-pyrrole nitrogens is 1. The van der Waals surface area contributed by atoms with Crippen molar-refractivity contribution in [2.75, 3.05) is 5.73 Å². The first kappa shape index (κ1) is 7.78.